The van der Waals surface area contributed by atoms with Gasteiger partial charge in [0.05, 0.1) is 19.8 Å². The maximum Gasteiger partial charge on any atom is 0.337 e. The van der Waals surface area contributed by atoms with Gasteiger partial charge in [-0.25, -0.2) is 4.79 Å². The second kappa shape index (κ2) is 8.57. The molecule has 1 aliphatic rings. The zero-order valence-corrected chi connectivity index (χ0v) is 14.5. The van der Waals surface area contributed by atoms with Crippen LogP contribution in [0.15, 0.2) is 18.2 Å². The van der Waals surface area contributed by atoms with Gasteiger partial charge < -0.3 is 19.5 Å². The first-order chi connectivity index (χ1) is 11.5. The number of esters is 1. The van der Waals surface area contributed by atoms with Crippen molar-refractivity contribution in [3.05, 3.63) is 23.8 Å². The van der Waals surface area contributed by atoms with Gasteiger partial charge in [0.15, 0.2) is 18.1 Å². The Morgan fingerprint density at radius 1 is 1.17 bits per heavy atom. The van der Waals surface area contributed by atoms with E-state index in [0.29, 0.717) is 23.0 Å². The van der Waals surface area contributed by atoms with Crippen LogP contribution in [0.25, 0.3) is 0 Å². The predicted molar refractivity (Wildman–Crippen MR) is 89.4 cm³/mol. The summed E-state index contributed by atoms with van der Waals surface area (Å²) in [6, 6.07) is 4.92. The second-order valence-corrected chi connectivity index (χ2v) is 6.08. The molecule has 1 amide bonds. The minimum Gasteiger partial charge on any atom is -0.493 e. The third kappa shape index (κ3) is 4.63. The van der Waals surface area contributed by atoms with Gasteiger partial charge in [-0.2, -0.15) is 0 Å². The highest BCUT2D eigenvalue weighted by Gasteiger charge is 2.23. The lowest BCUT2D eigenvalue weighted by Crippen LogP contribution is -2.43. The first-order valence-corrected chi connectivity index (χ1v) is 8.23. The predicted octanol–water partition coefficient (Wildman–Crippen LogP) is 2.56. The van der Waals surface area contributed by atoms with E-state index in [1.165, 1.54) is 26.7 Å². The monoisotopic (exact) mass is 335 g/mol. The van der Waals surface area contributed by atoms with Crippen molar-refractivity contribution in [3.63, 3.8) is 0 Å². The van der Waals surface area contributed by atoms with E-state index in [2.05, 4.69) is 17.0 Å². The SMILES string of the molecule is COC(=O)c1ccc(OCC(=O)N[C@@H]2CCCC[C@H]2C)c(OC)c1. The second-order valence-electron chi connectivity index (χ2n) is 6.08. The Morgan fingerprint density at radius 3 is 2.58 bits per heavy atom. The van der Waals surface area contributed by atoms with Gasteiger partial charge in [-0.3, -0.25) is 4.79 Å². The molecule has 24 heavy (non-hydrogen) atoms. The van der Waals surface area contributed by atoms with Crippen molar-refractivity contribution in [2.75, 3.05) is 20.8 Å². The zero-order chi connectivity index (χ0) is 17.5. The van der Waals surface area contributed by atoms with Crippen molar-refractivity contribution in [2.45, 2.75) is 38.6 Å². The Bertz CT molecular complexity index is 587. The highest BCUT2D eigenvalue weighted by molar-refractivity contribution is 5.90. The molecule has 1 N–H and O–H groups in total. The molecule has 0 aliphatic heterocycles. The van der Waals surface area contributed by atoms with Crippen LogP contribution in [0.5, 0.6) is 11.5 Å². The average Bonchev–Trinajstić information content (AvgIpc) is 2.61. The Labute approximate surface area is 142 Å². The summed E-state index contributed by atoms with van der Waals surface area (Å²) >= 11 is 0. The third-order valence-electron chi connectivity index (χ3n) is 4.40. The van der Waals surface area contributed by atoms with Crippen molar-refractivity contribution >= 4 is 11.9 Å². The van der Waals surface area contributed by atoms with Gasteiger partial charge in [-0.15, -0.1) is 0 Å². The first-order valence-electron chi connectivity index (χ1n) is 8.23. The summed E-state index contributed by atoms with van der Waals surface area (Å²) in [6.45, 7) is 2.08. The number of nitrogens with one attached hydrogen (secondary N) is 1. The van der Waals surface area contributed by atoms with Crippen LogP contribution in [0.2, 0.25) is 0 Å². The van der Waals surface area contributed by atoms with Gasteiger partial charge in [0.25, 0.3) is 5.91 Å². The molecule has 1 aromatic rings. The highest BCUT2D eigenvalue weighted by atomic mass is 16.5. The Kier molecular flexibility index (Phi) is 6.46. The molecular weight excluding hydrogens is 310 g/mol. The maximum absolute atomic E-state index is 12.1. The number of amides is 1. The zero-order valence-electron chi connectivity index (χ0n) is 14.5. The van der Waals surface area contributed by atoms with E-state index in [9.17, 15) is 9.59 Å². The molecule has 0 aromatic heterocycles. The molecule has 0 heterocycles. The number of ether oxygens (including phenoxy) is 3. The molecule has 0 radical (unpaired) electrons. The smallest absolute Gasteiger partial charge is 0.337 e. The van der Waals surface area contributed by atoms with Gasteiger partial charge in [0.1, 0.15) is 0 Å². The molecule has 1 fully saturated rings. The fourth-order valence-electron chi connectivity index (χ4n) is 2.95. The lowest BCUT2D eigenvalue weighted by Gasteiger charge is -2.29. The van der Waals surface area contributed by atoms with Crippen molar-refractivity contribution in [3.8, 4) is 11.5 Å². The molecule has 2 atom stereocenters. The molecule has 0 unspecified atom stereocenters. The van der Waals surface area contributed by atoms with Crippen LogP contribution in [0.1, 0.15) is 43.0 Å². The molecule has 0 bridgehead atoms. The van der Waals surface area contributed by atoms with Crippen LogP contribution in [0.4, 0.5) is 0 Å². The van der Waals surface area contributed by atoms with Crippen LogP contribution in [-0.4, -0.2) is 38.7 Å². The Hall–Kier alpha value is -2.24. The number of hydrogen-bond acceptors (Lipinski definition) is 5. The number of carbonyl (C=O) groups excluding carboxylic acids is 2. The molecule has 132 valence electrons. The van der Waals surface area contributed by atoms with Crippen molar-refractivity contribution < 1.29 is 23.8 Å². The molecule has 2 rings (SSSR count). The normalized spacial score (nSPS) is 20.1. The largest absolute Gasteiger partial charge is 0.493 e. The van der Waals surface area contributed by atoms with Crippen molar-refractivity contribution in [1.82, 2.24) is 5.32 Å². The highest BCUT2D eigenvalue weighted by Crippen LogP contribution is 2.28. The minimum atomic E-state index is -0.455. The van der Waals surface area contributed by atoms with E-state index in [0.717, 1.165) is 19.3 Å². The maximum atomic E-state index is 12.1. The average molecular weight is 335 g/mol. The molecule has 0 spiro atoms. The van der Waals surface area contributed by atoms with E-state index < -0.39 is 5.97 Å². The van der Waals surface area contributed by atoms with Crippen molar-refractivity contribution in [1.29, 1.82) is 0 Å². The number of hydrogen-bond donors (Lipinski definition) is 1. The summed E-state index contributed by atoms with van der Waals surface area (Å²) in [7, 11) is 2.79. The summed E-state index contributed by atoms with van der Waals surface area (Å²) in [4.78, 5) is 23.6. The molecule has 1 aromatic carbocycles. The fourth-order valence-corrected chi connectivity index (χ4v) is 2.95. The van der Waals surface area contributed by atoms with Gasteiger partial charge in [0.2, 0.25) is 0 Å². The molecular formula is C18H25NO5. The number of rotatable bonds is 6. The van der Waals surface area contributed by atoms with Gasteiger partial charge >= 0.3 is 5.97 Å². The number of methoxy groups -OCH3 is 2. The van der Waals surface area contributed by atoms with E-state index in [1.807, 2.05) is 0 Å². The third-order valence-corrected chi connectivity index (χ3v) is 4.40. The summed E-state index contributed by atoms with van der Waals surface area (Å²) in [5.74, 6) is 0.696. The lowest BCUT2D eigenvalue weighted by molar-refractivity contribution is -0.124. The topological polar surface area (TPSA) is 73.9 Å². The molecule has 1 saturated carbocycles. The fraction of sp³-hybridized carbons (Fsp3) is 0.556. The summed E-state index contributed by atoms with van der Waals surface area (Å²) < 4.78 is 15.4. The van der Waals surface area contributed by atoms with Gasteiger partial charge in [-0.05, 0) is 37.0 Å². The van der Waals surface area contributed by atoms with Crippen LogP contribution in [-0.2, 0) is 9.53 Å². The summed E-state index contributed by atoms with van der Waals surface area (Å²) in [5, 5.41) is 3.04. The van der Waals surface area contributed by atoms with E-state index in [4.69, 9.17) is 9.47 Å². The first kappa shape index (κ1) is 18.1. The lowest BCUT2D eigenvalue weighted by atomic mass is 9.86. The molecule has 6 heteroatoms. The van der Waals surface area contributed by atoms with Gasteiger partial charge in [-0.1, -0.05) is 19.8 Å². The van der Waals surface area contributed by atoms with Crippen molar-refractivity contribution in [2.24, 2.45) is 5.92 Å². The number of benzene rings is 1. The Morgan fingerprint density at radius 2 is 1.92 bits per heavy atom. The van der Waals surface area contributed by atoms with E-state index >= 15 is 0 Å². The standard InChI is InChI=1S/C18H25NO5/c1-12-6-4-5-7-14(12)19-17(20)11-24-15-9-8-13(18(21)23-3)10-16(15)22-2/h8-10,12,14H,4-7,11H2,1-3H3,(H,19,20)/t12-,14-/m1/s1. The molecule has 0 saturated heterocycles. The van der Waals surface area contributed by atoms with Crippen LogP contribution < -0.4 is 14.8 Å². The van der Waals surface area contributed by atoms with Crippen LogP contribution in [0.3, 0.4) is 0 Å². The minimum absolute atomic E-state index is 0.0862. The van der Waals surface area contributed by atoms with Gasteiger partial charge in [0, 0.05) is 6.04 Å². The van der Waals surface area contributed by atoms with E-state index in [-0.39, 0.29) is 18.6 Å². The summed E-state index contributed by atoms with van der Waals surface area (Å²) in [6.07, 6.45) is 4.55. The van der Waals surface area contributed by atoms with E-state index in [1.54, 1.807) is 12.1 Å². The van der Waals surface area contributed by atoms with Crippen LogP contribution >= 0.6 is 0 Å². The quantitative estimate of drug-likeness (QED) is 0.809. The molecule has 1 aliphatic carbocycles. The Balaban J connectivity index is 1.93. The summed E-state index contributed by atoms with van der Waals surface area (Å²) in [5.41, 5.74) is 0.363. The van der Waals surface area contributed by atoms with Crippen LogP contribution in [0, 0.1) is 5.92 Å². The molecule has 6 nitrogen and oxygen atoms in total. The number of carbonyl (C=O) groups is 2.